The molecule has 0 unspecified atom stereocenters. The Morgan fingerprint density at radius 1 is 0.889 bits per heavy atom. The molecule has 2 rings (SSSR count). The molecule has 0 aliphatic rings. The lowest BCUT2D eigenvalue weighted by atomic mass is 9.78. The average Bonchev–Trinajstić information content (AvgIpc) is 2.64. The van der Waals surface area contributed by atoms with Gasteiger partial charge in [0.05, 0.1) is 0 Å². The number of phenolic OH excluding ortho intramolecular Hbond substituents is 2. The topological polar surface area (TPSA) is 118 Å². The minimum absolute atomic E-state index is 0.0938. The zero-order valence-electron chi connectivity index (χ0n) is 15.7. The summed E-state index contributed by atoms with van der Waals surface area (Å²) in [5, 5.41) is 42.0. The Morgan fingerprint density at radius 2 is 1.19 bits per heavy atom. The summed E-state index contributed by atoms with van der Waals surface area (Å²) in [6.45, 7) is 7.38. The molecule has 0 fully saturated rings. The number of hydrogen-bond acceptors (Lipinski definition) is 5. The van der Waals surface area contributed by atoms with Crippen molar-refractivity contribution in [1.82, 2.24) is 0 Å². The number of aliphatic carboxylic acids is 1. The van der Waals surface area contributed by atoms with Crippen molar-refractivity contribution < 1.29 is 30.3 Å². The summed E-state index contributed by atoms with van der Waals surface area (Å²) in [5.41, 5.74) is 2.10. The van der Waals surface area contributed by atoms with Gasteiger partial charge in [0.15, 0.2) is 0 Å². The number of aliphatic hydroxyl groups excluding tert-OH is 2. The van der Waals surface area contributed by atoms with Gasteiger partial charge in [-0.15, -0.1) is 0 Å². The first kappa shape index (κ1) is 24.2. The van der Waals surface area contributed by atoms with Gasteiger partial charge in [0.2, 0.25) is 0 Å². The number of carboxylic acids is 1. The van der Waals surface area contributed by atoms with Crippen molar-refractivity contribution in [3.05, 3.63) is 72.3 Å². The van der Waals surface area contributed by atoms with Crippen molar-refractivity contribution in [2.24, 2.45) is 0 Å². The van der Waals surface area contributed by atoms with Gasteiger partial charge in [0.1, 0.15) is 11.5 Å². The molecule has 0 atom stereocenters. The van der Waals surface area contributed by atoms with Crippen LogP contribution in [0, 0.1) is 0 Å². The molecule has 2 aromatic carbocycles. The van der Waals surface area contributed by atoms with E-state index >= 15 is 0 Å². The summed E-state index contributed by atoms with van der Waals surface area (Å²) < 4.78 is 0. The molecule has 2 aromatic rings. The van der Waals surface area contributed by atoms with Gasteiger partial charge < -0.3 is 25.5 Å². The number of aromatic hydroxyl groups is 2. The summed E-state index contributed by atoms with van der Waals surface area (Å²) in [6, 6.07) is 14.4. The van der Waals surface area contributed by atoms with Crippen molar-refractivity contribution in [2.45, 2.75) is 25.7 Å². The highest BCUT2D eigenvalue weighted by Gasteiger charge is 2.22. The molecule has 0 amide bonds. The van der Waals surface area contributed by atoms with E-state index in [9.17, 15) is 15.0 Å². The number of carboxylic acid groups (broad SMARTS) is 1. The van der Waals surface area contributed by atoms with E-state index in [0.29, 0.717) is 6.42 Å². The van der Waals surface area contributed by atoms with E-state index in [0.717, 1.165) is 17.2 Å². The lowest BCUT2D eigenvalue weighted by molar-refractivity contribution is -0.131. The van der Waals surface area contributed by atoms with E-state index < -0.39 is 5.97 Å². The number of aliphatic hydroxyl groups is 2. The molecule has 0 heterocycles. The first-order valence-corrected chi connectivity index (χ1v) is 8.35. The third-order valence-electron chi connectivity index (χ3n) is 3.67. The fourth-order valence-corrected chi connectivity index (χ4v) is 1.99. The molecule has 6 nitrogen and oxygen atoms in total. The van der Waals surface area contributed by atoms with Crippen LogP contribution in [0.5, 0.6) is 11.5 Å². The summed E-state index contributed by atoms with van der Waals surface area (Å²) in [5.74, 6) is -0.435. The summed E-state index contributed by atoms with van der Waals surface area (Å²) in [6.07, 6.45) is 1.33. The third kappa shape index (κ3) is 9.44. The number of phenols is 2. The predicted molar refractivity (Wildman–Crippen MR) is 105 cm³/mol. The number of hydrogen-bond donors (Lipinski definition) is 5. The predicted octanol–water partition coefficient (Wildman–Crippen LogP) is 3.04. The fraction of sp³-hybridized carbons (Fsp3) is 0.286. The molecule has 0 saturated heterocycles. The maximum absolute atomic E-state index is 9.30. The van der Waals surface area contributed by atoms with Crippen molar-refractivity contribution in [3.8, 4) is 11.5 Å². The molecule has 0 aliphatic carbocycles. The van der Waals surface area contributed by atoms with Crippen LogP contribution in [-0.4, -0.2) is 44.7 Å². The summed E-state index contributed by atoms with van der Waals surface area (Å²) >= 11 is 0. The van der Waals surface area contributed by atoms with Gasteiger partial charge in [-0.25, -0.2) is 4.79 Å². The lowest BCUT2D eigenvalue weighted by Crippen LogP contribution is -2.18. The van der Waals surface area contributed by atoms with Crippen molar-refractivity contribution in [1.29, 1.82) is 0 Å². The average molecular weight is 376 g/mol. The zero-order chi connectivity index (χ0) is 20.9. The second kappa shape index (κ2) is 12.5. The van der Waals surface area contributed by atoms with E-state index in [1.807, 2.05) is 24.3 Å². The molecule has 148 valence electrons. The van der Waals surface area contributed by atoms with Crippen LogP contribution in [0.1, 0.15) is 31.4 Å². The van der Waals surface area contributed by atoms with Crippen molar-refractivity contribution in [3.63, 3.8) is 0 Å². The third-order valence-corrected chi connectivity index (χ3v) is 3.67. The van der Waals surface area contributed by atoms with E-state index in [1.54, 1.807) is 24.3 Å². The van der Waals surface area contributed by atoms with Crippen molar-refractivity contribution in [2.75, 3.05) is 13.2 Å². The molecule has 5 N–H and O–H groups in total. The number of carbonyl (C=O) groups is 1. The zero-order valence-corrected chi connectivity index (χ0v) is 15.7. The number of rotatable bonds is 5. The van der Waals surface area contributed by atoms with E-state index in [-0.39, 0.29) is 30.1 Å². The smallest absolute Gasteiger partial charge is 0.327 e. The minimum atomic E-state index is -0.981. The van der Waals surface area contributed by atoms with Crippen LogP contribution in [0.2, 0.25) is 0 Å². The van der Waals surface area contributed by atoms with Crippen LogP contribution in [-0.2, 0) is 10.2 Å². The monoisotopic (exact) mass is 376 g/mol. The molecule has 6 heteroatoms. The van der Waals surface area contributed by atoms with Crippen LogP contribution >= 0.6 is 0 Å². The first-order chi connectivity index (χ1) is 12.7. The second-order valence-corrected chi connectivity index (χ2v) is 6.06. The molecule has 0 saturated carbocycles. The second-order valence-electron chi connectivity index (χ2n) is 6.06. The Hall–Kier alpha value is -2.83. The first-order valence-electron chi connectivity index (χ1n) is 8.35. The van der Waals surface area contributed by atoms with E-state index in [2.05, 4.69) is 20.4 Å². The van der Waals surface area contributed by atoms with Crippen LogP contribution in [0.25, 0.3) is 0 Å². The molecule has 0 radical (unpaired) electrons. The van der Waals surface area contributed by atoms with Crippen LogP contribution in [0.3, 0.4) is 0 Å². The van der Waals surface area contributed by atoms with Crippen molar-refractivity contribution >= 4 is 5.97 Å². The van der Waals surface area contributed by atoms with Gasteiger partial charge >= 0.3 is 5.97 Å². The largest absolute Gasteiger partial charge is 0.508 e. The van der Waals surface area contributed by atoms with Gasteiger partial charge in [-0.1, -0.05) is 44.7 Å². The van der Waals surface area contributed by atoms with Gasteiger partial charge in [-0.3, -0.25) is 0 Å². The molecular formula is C21H28O6. The highest BCUT2D eigenvalue weighted by Crippen LogP contribution is 2.32. The van der Waals surface area contributed by atoms with E-state index in [1.165, 1.54) is 0 Å². The molecule has 0 aromatic heterocycles. The maximum Gasteiger partial charge on any atom is 0.327 e. The molecule has 27 heavy (non-hydrogen) atoms. The van der Waals surface area contributed by atoms with Gasteiger partial charge in [0, 0.05) is 24.7 Å². The highest BCUT2D eigenvalue weighted by atomic mass is 16.4. The lowest BCUT2D eigenvalue weighted by Gasteiger charge is -2.26. The summed E-state index contributed by atoms with van der Waals surface area (Å²) in [7, 11) is 0. The fourth-order valence-electron chi connectivity index (χ4n) is 1.99. The Kier molecular flexibility index (Phi) is 11.2. The molecule has 0 spiro atoms. The van der Waals surface area contributed by atoms with Gasteiger partial charge in [0.25, 0.3) is 0 Å². The van der Waals surface area contributed by atoms with E-state index in [4.69, 9.17) is 15.3 Å². The maximum atomic E-state index is 9.30. The minimum Gasteiger partial charge on any atom is -0.508 e. The molecule has 0 bridgehead atoms. The standard InChI is InChI=1S/C15H16O2.C3H4O2.C3H8O2/c1-15(2,11-3-7-13(16)8-4-11)12-5-9-14(17)10-6-12;1-2-3(4)5;4-2-1-3-5/h3-10,16-17H,1-2H3;2H,1H2,(H,4,5);4-5H,1-3H2. The Labute approximate surface area is 159 Å². The highest BCUT2D eigenvalue weighted by molar-refractivity contribution is 5.78. The summed E-state index contributed by atoms with van der Waals surface area (Å²) in [4.78, 5) is 9.25. The van der Waals surface area contributed by atoms with Crippen LogP contribution < -0.4 is 0 Å². The Balaban J connectivity index is 0.000000563. The van der Waals surface area contributed by atoms with Gasteiger partial charge in [-0.2, -0.15) is 0 Å². The molecule has 0 aliphatic heterocycles. The van der Waals surface area contributed by atoms with Crippen LogP contribution in [0.15, 0.2) is 61.2 Å². The SMILES string of the molecule is C=CC(=O)O.CC(C)(c1ccc(O)cc1)c1ccc(O)cc1.OCCCO. The molecular weight excluding hydrogens is 348 g/mol. The normalized spacial score (nSPS) is 9.93. The van der Waals surface area contributed by atoms with Crippen LogP contribution in [0.4, 0.5) is 0 Å². The Morgan fingerprint density at radius 3 is 1.37 bits per heavy atom. The number of benzene rings is 2. The van der Waals surface area contributed by atoms with Gasteiger partial charge in [-0.05, 0) is 41.8 Å². The quantitative estimate of drug-likeness (QED) is 0.512. The Bertz CT molecular complexity index is 625.